The molecule has 0 atom stereocenters. The Labute approximate surface area is 171 Å². The van der Waals surface area contributed by atoms with Crippen molar-refractivity contribution in [3.63, 3.8) is 0 Å². The summed E-state index contributed by atoms with van der Waals surface area (Å²) in [5.74, 6) is -0.108. The number of rotatable bonds is 5. The lowest BCUT2D eigenvalue weighted by atomic mass is 10.1. The molecule has 2 heterocycles. The van der Waals surface area contributed by atoms with E-state index in [-0.39, 0.29) is 5.91 Å². The lowest BCUT2D eigenvalue weighted by Crippen LogP contribution is -2.23. The average molecular weight is 467 g/mol. The smallest absolute Gasteiger partial charge is 0.253 e. The van der Waals surface area contributed by atoms with Gasteiger partial charge in [-0.1, -0.05) is 48.5 Å². The van der Waals surface area contributed by atoms with Crippen LogP contribution in [0.3, 0.4) is 0 Å². The maximum atomic E-state index is 12.4. The molecule has 0 saturated heterocycles. The minimum absolute atomic E-state index is 0.108. The fraction of sp³-hybridized carbons (Fsp3) is 0.0909. The Hall–Kier alpha value is -2.67. The molecule has 0 fully saturated rings. The van der Waals surface area contributed by atoms with Crippen molar-refractivity contribution < 1.29 is 4.79 Å². The van der Waals surface area contributed by atoms with Crippen molar-refractivity contribution in [1.82, 2.24) is 15.3 Å². The zero-order valence-electron chi connectivity index (χ0n) is 14.6. The molecule has 4 rings (SSSR count). The van der Waals surface area contributed by atoms with Crippen LogP contribution < -0.4 is 5.32 Å². The maximum absolute atomic E-state index is 12.4. The van der Waals surface area contributed by atoms with E-state index < -0.39 is 0 Å². The Morgan fingerprint density at radius 1 is 1.07 bits per heavy atom. The van der Waals surface area contributed by atoms with Crippen LogP contribution in [0, 0.1) is 3.57 Å². The van der Waals surface area contributed by atoms with Crippen molar-refractivity contribution in [2.24, 2.45) is 0 Å². The first-order valence-corrected chi connectivity index (χ1v) is 9.80. The molecule has 27 heavy (non-hydrogen) atoms. The normalized spacial score (nSPS) is 10.9. The van der Waals surface area contributed by atoms with E-state index >= 15 is 0 Å². The lowest BCUT2D eigenvalue weighted by molar-refractivity contribution is 0.0950. The number of aromatic nitrogens is 2. The summed E-state index contributed by atoms with van der Waals surface area (Å²) in [6, 6.07) is 20.0. The number of aromatic amines is 1. The van der Waals surface area contributed by atoms with Gasteiger partial charge < -0.3 is 10.3 Å². The fourth-order valence-electron chi connectivity index (χ4n) is 3.06. The number of carbonyl (C=O) groups excluding carboxylic acids is 1. The Balaban J connectivity index is 1.48. The molecule has 5 heteroatoms. The molecule has 0 radical (unpaired) electrons. The molecular formula is C22H18IN3O. The molecule has 0 aliphatic rings. The van der Waals surface area contributed by atoms with Crippen LogP contribution in [0.1, 0.15) is 27.2 Å². The number of pyridine rings is 1. The second kappa shape index (κ2) is 7.92. The number of nitrogens with one attached hydrogen (secondary N) is 2. The van der Waals surface area contributed by atoms with Crippen LogP contribution in [0.25, 0.3) is 10.9 Å². The summed E-state index contributed by atoms with van der Waals surface area (Å²) in [7, 11) is 0. The summed E-state index contributed by atoms with van der Waals surface area (Å²) >= 11 is 2.26. The van der Waals surface area contributed by atoms with Crippen molar-refractivity contribution >= 4 is 39.4 Å². The summed E-state index contributed by atoms with van der Waals surface area (Å²) in [4.78, 5) is 20.3. The van der Waals surface area contributed by atoms with Crippen LogP contribution in [0.5, 0.6) is 0 Å². The molecule has 134 valence electrons. The van der Waals surface area contributed by atoms with Gasteiger partial charge in [-0.2, -0.15) is 0 Å². The third-order valence-electron chi connectivity index (χ3n) is 4.51. The Morgan fingerprint density at radius 3 is 2.67 bits per heavy atom. The second-order valence-electron chi connectivity index (χ2n) is 6.36. The van der Waals surface area contributed by atoms with E-state index in [0.717, 1.165) is 26.8 Å². The van der Waals surface area contributed by atoms with Gasteiger partial charge >= 0.3 is 0 Å². The predicted octanol–water partition coefficient (Wildman–Crippen LogP) is 4.69. The van der Waals surface area contributed by atoms with Gasteiger partial charge in [0.2, 0.25) is 0 Å². The van der Waals surface area contributed by atoms with E-state index in [9.17, 15) is 4.79 Å². The van der Waals surface area contributed by atoms with Gasteiger partial charge in [0.15, 0.2) is 0 Å². The summed E-state index contributed by atoms with van der Waals surface area (Å²) in [6.07, 6.45) is 4.42. The summed E-state index contributed by atoms with van der Waals surface area (Å²) in [6.45, 7) is 0.507. The van der Waals surface area contributed by atoms with E-state index in [1.165, 1.54) is 10.9 Å². The first kappa shape index (κ1) is 17.7. The number of halogens is 1. The average Bonchev–Trinajstić information content (AvgIpc) is 3.11. The number of benzene rings is 2. The van der Waals surface area contributed by atoms with Gasteiger partial charge in [-0.25, -0.2) is 0 Å². The number of nitrogens with zero attached hydrogens (tertiary/aromatic N) is 1. The zero-order chi connectivity index (χ0) is 18.6. The van der Waals surface area contributed by atoms with Gasteiger partial charge in [0.25, 0.3) is 5.91 Å². The monoisotopic (exact) mass is 467 g/mol. The van der Waals surface area contributed by atoms with E-state index in [2.05, 4.69) is 50.0 Å². The van der Waals surface area contributed by atoms with Gasteiger partial charge in [0.1, 0.15) is 0 Å². The highest BCUT2D eigenvalue weighted by Crippen LogP contribution is 2.22. The van der Waals surface area contributed by atoms with Gasteiger partial charge in [0.05, 0.1) is 11.3 Å². The van der Waals surface area contributed by atoms with E-state index in [4.69, 9.17) is 0 Å². The predicted molar refractivity (Wildman–Crippen MR) is 116 cm³/mol. The highest BCUT2D eigenvalue weighted by Gasteiger charge is 2.12. The van der Waals surface area contributed by atoms with Gasteiger partial charge in [0, 0.05) is 39.8 Å². The SMILES string of the molecule is O=C(NCc1ccccc1)c1cnc(Cc2c[nH]c3ccccc23)c(I)c1. The Kier molecular flexibility index (Phi) is 5.20. The number of fused-ring (bicyclic) bond motifs is 1. The third kappa shape index (κ3) is 4.03. The number of hydrogen-bond donors (Lipinski definition) is 2. The number of para-hydroxylation sites is 1. The Morgan fingerprint density at radius 2 is 1.85 bits per heavy atom. The molecule has 0 aliphatic carbocycles. The quantitative estimate of drug-likeness (QED) is 0.419. The summed E-state index contributed by atoms with van der Waals surface area (Å²) < 4.78 is 0.991. The van der Waals surface area contributed by atoms with E-state index in [0.29, 0.717) is 12.1 Å². The van der Waals surface area contributed by atoms with Gasteiger partial charge in [-0.3, -0.25) is 9.78 Å². The van der Waals surface area contributed by atoms with E-state index in [1.54, 1.807) is 6.20 Å². The fourth-order valence-corrected chi connectivity index (χ4v) is 3.72. The van der Waals surface area contributed by atoms with Crippen molar-refractivity contribution in [2.75, 3.05) is 0 Å². The third-order valence-corrected chi connectivity index (χ3v) is 5.44. The second-order valence-corrected chi connectivity index (χ2v) is 7.52. The molecule has 2 aromatic heterocycles. The molecule has 2 N–H and O–H groups in total. The van der Waals surface area contributed by atoms with Crippen LogP contribution in [0.15, 0.2) is 73.1 Å². The molecule has 1 amide bonds. The minimum Gasteiger partial charge on any atom is -0.361 e. The molecule has 0 bridgehead atoms. The molecule has 4 aromatic rings. The molecule has 0 spiro atoms. The number of carbonyl (C=O) groups is 1. The molecule has 0 saturated carbocycles. The summed E-state index contributed by atoms with van der Waals surface area (Å²) in [5.41, 5.74) is 4.96. The lowest BCUT2D eigenvalue weighted by Gasteiger charge is -2.08. The standard InChI is InChI=1S/C22H18IN3O/c23-19-10-17(22(27)26-12-15-6-2-1-3-7-15)14-25-21(19)11-16-13-24-20-9-5-4-8-18(16)20/h1-10,13-14,24H,11-12H2,(H,26,27). The van der Waals surface area contributed by atoms with Crippen molar-refractivity contribution in [3.05, 3.63) is 99.0 Å². The first-order chi connectivity index (χ1) is 13.2. The van der Waals surface area contributed by atoms with Crippen molar-refractivity contribution in [1.29, 1.82) is 0 Å². The van der Waals surface area contributed by atoms with Gasteiger partial charge in [-0.15, -0.1) is 0 Å². The number of amides is 1. The highest BCUT2D eigenvalue weighted by molar-refractivity contribution is 14.1. The molecule has 0 aliphatic heterocycles. The number of H-pyrrole nitrogens is 1. The molecule has 2 aromatic carbocycles. The van der Waals surface area contributed by atoms with Crippen molar-refractivity contribution in [3.8, 4) is 0 Å². The number of hydrogen-bond acceptors (Lipinski definition) is 2. The van der Waals surface area contributed by atoms with E-state index in [1.807, 2.05) is 54.7 Å². The topological polar surface area (TPSA) is 57.8 Å². The van der Waals surface area contributed by atoms with Crippen LogP contribution in [0.2, 0.25) is 0 Å². The Bertz CT molecular complexity index is 1090. The van der Waals surface area contributed by atoms with Crippen molar-refractivity contribution in [2.45, 2.75) is 13.0 Å². The maximum Gasteiger partial charge on any atom is 0.253 e. The van der Waals surface area contributed by atoms with Crippen LogP contribution in [-0.2, 0) is 13.0 Å². The van der Waals surface area contributed by atoms with Crippen LogP contribution >= 0.6 is 22.6 Å². The first-order valence-electron chi connectivity index (χ1n) is 8.72. The highest BCUT2D eigenvalue weighted by atomic mass is 127. The molecule has 4 nitrogen and oxygen atoms in total. The van der Waals surface area contributed by atoms with Gasteiger partial charge in [-0.05, 0) is 45.9 Å². The van der Waals surface area contributed by atoms with Crippen LogP contribution in [-0.4, -0.2) is 15.9 Å². The summed E-state index contributed by atoms with van der Waals surface area (Å²) in [5, 5.41) is 4.15. The molecular weight excluding hydrogens is 449 g/mol. The minimum atomic E-state index is -0.108. The van der Waals surface area contributed by atoms with Crippen LogP contribution in [0.4, 0.5) is 0 Å². The zero-order valence-corrected chi connectivity index (χ0v) is 16.7. The largest absolute Gasteiger partial charge is 0.361 e. The molecule has 0 unspecified atom stereocenters.